The molecule has 7 aromatic rings. The van der Waals surface area contributed by atoms with Crippen LogP contribution in [0.25, 0.3) is 72.9 Å². The molecule has 0 bridgehead atoms. The van der Waals surface area contributed by atoms with E-state index in [1.807, 2.05) is 0 Å². The minimum absolute atomic E-state index is 0.379. The normalized spacial score (nSPS) is 17.0. The summed E-state index contributed by atoms with van der Waals surface area (Å²) in [6.07, 6.45) is 13.3. The zero-order chi connectivity index (χ0) is 32.9. The summed E-state index contributed by atoms with van der Waals surface area (Å²) in [6, 6.07) is 43.8. The lowest BCUT2D eigenvalue weighted by molar-refractivity contribution is 0.722. The first-order valence-corrected chi connectivity index (χ1v) is 17.4. The molecule has 2 atom stereocenters. The van der Waals surface area contributed by atoms with Crippen LogP contribution in [0, 0.1) is 5.92 Å². The summed E-state index contributed by atoms with van der Waals surface area (Å²) < 4.78 is 2.32. The SMILES string of the molecule is CC1CC=CC=C1c1cc(-c2ccc(-c3ccccc3)cc2)cc(-c2ccc3nc4c(nc3c2)c2c(n4-c3ccccc3)C(C)CC=C2)c1. The van der Waals surface area contributed by atoms with Crippen LogP contribution in [0.3, 0.4) is 0 Å². The Hall–Kier alpha value is -5.80. The van der Waals surface area contributed by atoms with E-state index in [0.717, 1.165) is 46.3 Å². The van der Waals surface area contributed by atoms with Crippen LogP contribution in [0.2, 0.25) is 0 Å². The molecule has 2 aliphatic carbocycles. The molecule has 0 saturated carbocycles. The second kappa shape index (κ2) is 12.0. The van der Waals surface area contributed by atoms with Crippen molar-refractivity contribution in [2.75, 3.05) is 0 Å². The van der Waals surface area contributed by atoms with Gasteiger partial charge >= 0.3 is 0 Å². The van der Waals surface area contributed by atoms with Crippen LogP contribution < -0.4 is 0 Å². The third kappa shape index (κ3) is 5.23. The van der Waals surface area contributed by atoms with Crippen molar-refractivity contribution in [2.24, 2.45) is 5.92 Å². The van der Waals surface area contributed by atoms with Crippen molar-refractivity contribution in [1.82, 2.24) is 14.5 Å². The van der Waals surface area contributed by atoms with Crippen molar-refractivity contribution < 1.29 is 0 Å². The minimum atomic E-state index is 0.379. The number of hydrogen-bond donors (Lipinski definition) is 0. The molecule has 5 aromatic carbocycles. The monoisotopic (exact) mass is 631 g/mol. The number of hydrogen-bond acceptors (Lipinski definition) is 2. The predicted octanol–water partition coefficient (Wildman–Crippen LogP) is 12.1. The summed E-state index contributed by atoms with van der Waals surface area (Å²) in [5.74, 6) is 0.837. The van der Waals surface area contributed by atoms with Gasteiger partial charge in [0.05, 0.1) is 11.0 Å². The molecule has 0 spiro atoms. The molecule has 2 heterocycles. The molecule has 0 radical (unpaired) electrons. The van der Waals surface area contributed by atoms with E-state index < -0.39 is 0 Å². The predicted molar refractivity (Wildman–Crippen MR) is 206 cm³/mol. The number of fused-ring (bicyclic) bond motifs is 4. The quantitative estimate of drug-likeness (QED) is 0.189. The fourth-order valence-corrected chi connectivity index (χ4v) is 7.65. The van der Waals surface area contributed by atoms with E-state index in [0.29, 0.717) is 11.8 Å². The molecule has 3 heteroatoms. The molecule has 9 rings (SSSR count). The van der Waals surface area contributed by atoms with E-state index in [4.69, 9.17) is 9.97 Å². The van der Waals surface area contributed by atoms with Crippen LogP contribution in [0.15, 0.2) is 146 Å². The first-order valence-electron chi connectivity index (χ1n) is 17.4. The highest BCUT2D eigenvalue weighted by Crippen LogP contribution is 2.40. The van der Waals surface area contributed by atoms with E-state index in [1.54, 1.807) is 0 Å². The van der Waals surface area contributed by atoms with Crippen LogP contribution >= 0.6 is 0 Å². The summed E-state index contributed by atoms with van der Waals surface area (Å²) in [5, 5.41) is 0. The zero-order valence-electron chi connectivity index (χ0n) is 27.8. The Balaban J connectivity index is 1.19. The van der Waals surface area contributed by atoms with Crippen molar-refractivity contribution in [1.29, 1.82) is 0 Å². The van der Waals surface area contributed by atoms with E-state index in [-0.39, 0.29) is 0 Å². The van der Waals surface area contributed by atoms with E-state index in [2.05, 4.69) is 170 Å². The smallest absolute Gasteiger partial charge is 0.164 e. The fourth-order valence-electron chi connectivity index (χ4n) is 7.65. The van der Waals surface area contributed by atoms with Gasteiger partial charge in [-0.15, -0.1) is 0 Å². The van der Waals surface area contributed by atoms with Crippen molar-refractivity contribution in [3.8, 4) is 39.1 Å². The summed E-state index contributed by atoms with van der Waals surface area (Å²) in [5.41, 5.74) is 17.2. The van der Waals surface area contributed by atoms with Gasteiger partial charge in [0.25, 0.3) is 0 Å². The van der Waals surface area contributed by atoms with Gasteiger partial charge in [-0.25, -0.2) is 9.97 Å². The Bertz CT molecular complexity index is 2450. The Labute approximate surface area is 287 Å². The Morgan fingerprint density at radius 2 is 1.18 bits per heavy atom. The maximum Gasteiger partial charge on any atom is 0.164 e. The Kier molecular flexibility index (Phi) is 7.20. The highest BCUT2D eigenvalue weighted by Gasteiger charge is 2.26. The van der Waals surface area contributed by atoms with Gasteiger partial charge in [-0.3, -0.25) is 4.57 Å². The molecule has 0 amide bonds. The van der Waals surface area contributed by atoms with Crippen LogP contribution in [0.5, 0.6) is 0 Å². The third-order valence-corrected chi connectivity index (χ3v) is 10.2. The lowest BCUT2D eigenvalue weighted by Gasteiger charge is -2.20. The average molecular weight is 632 g/mol. The van der Waals surface area contributed by atoms with Crippen molar-refractivity contribution >= 4 is 33.8 Å². The minimum Gasteiger partial charge on any atom is -0.296 e. The number of para-hydroxylation sites is 1. The van der Waals surface area contributed by atoms with Crippen LogP contribution in [0.1, 0.15) is 49.4 Å². The number of aromatic nitrogens is 3. The highest BCUT2D eigenvalue weighted by molar-refractivity contribution is 5.95. The molecule has 0 saturated heterocycles. The molecule has 0 aliphatic heterocycles. The summed E-state index contributed by atoms with van der Waals surface area (Å²) in [4.78, 5) is 10.6. The fraction of sp³-hybridized carbons (Fsp3) is 0.130. The van der Waals surface area contributed by atoms with Gasteiger partial charge < -0.3 is 0 Å². The van der Waals surface area contributed by atoms with Crippen LogP contribution in [-0.4, -0.2) is 14.5 Å². The Morgan fingerprint density at radius 3 is 1.94 bits per heavy atom. The molecule has 236 valence electrons. The first-order chi connectivity index (χ1) is 24.1. The molecule has 2 aliphatic rings. The number of nitrogens with zero attached hydrogens (tertiary/aromatic N) is 3. The standard InChI is InChI=1S/C46H37N3/c1-30-12-9-10-18-40(30)38-27-36(34-22-20-33(21-23-34)32-14-5-3-6-15-32)26-37(28-38)35-24-25-42-43(29-35)47-44-41-19-11-13-31(2)45(41)49(46(44)48-42)39-16-7-4-8-17-39/h3-11,14-31H,12-13H2,1-2H3. The van der Waals surface area contributed by atoms with Gasteiger partial charge in [0.1, 0.15) is 5.52 Å². The van der Waals surface area contributed by atoms with Gasteiger partial charge in [0, 0.05) is 22.9 Å². The van der Waals surface area contributed by atoms with E-state index >= 15 is 0 Å². The second-order valence-electron chi connectivity index (χ2n) is 13.5. The summed E-state index contributed by atoms with van der Waals surface area (Å²) in [6.45, 7) is 4.63. The lowest BCUT2D eigenvalue weighted by atomic mass is 9.85. The van der Waals surface area contributed by atoms with Crippen molar-refractivity contribution in [2.45, 2.75) is 32.6 Å². The highest BCUT2D eigenvalue weighted by atomic mass is 15.1. The average Bonchev–Trinajstić information content (AvgIpc) is 3.48. The maximum absolute atomic E-state index is 5.35. The zero-order valence-corrected chi connectivity index (χ0v) is 27.8. The molecule has 3 nitrogen and oxygen atoms in total. The van der Waals surface area contributed by atoms with E-state index in [9.17, 15) is 0 Å². The summed E-state index contributed by atoms with van der Waals surface area (Å²) >= 11 is 0. The molecule has 0 fully saturated rings. The molecule has 49 heavy (non-hydrogen) atoms. The van der Waals surface area contributed by atoms with Crippen LogP contribution in [0.4, 0.5) is 0 Å². The lowest BCUT2D eigenvalue weighted by Crippen LogP contribution is -2.07. The van der Waals surface area contributed by atoms with Gasteiger partial charge in [-0.05, 0) is 106 Å². The summed E-state index contributed by atoms with van der Waals surface area (Å²) in [7, 11) is 0. The molecule has 0 N–H and O–H groups in total. The maximum atomic E-state index is 5.35. The molecular weight excluding hydrogens is 595 g/mol. The molecular formula is C46H37N3. The first kappa shape index (κ1) is 29.3. The molecule has 2 aromatic heterocycles. The number of benzene rings is 5. The van der Waals surface area contributed by atoms with Gasteiger partial charge in [0.2, 0.25) is 0 Å². The second-order valence-corrected chi connectivity index (χ2v) is 13.5. The number of rotatable bonds is 5. The largest absolute Gasteiger partial charge is 0.296 e. The molecule has 2 unspecified atom stereocenters. The van der Waals surface area contributed by atoms with Gasteiger partial charge in [-0.2, -0.15) is 0 Å². The third-order valence-electron chi connectivity index (χ3n) is 10.2. The van der Waals surface area contributed by atoms with Crippen molar-refractivity contribution in [3.63, 3.8) is 0 Å². The van der Waals surface area contributed by atoms with E-state index in [1.165, 1.54) is 50.2 Å². The van der Waals surface area contributed by atoms with Gasteiger partial charge in [0.15, 0.2) is 5.65 Å². The Morgan fingerprint density at radius 1 is 0.551 bits per heavy atom. The van der Waals surface area contributed by atoms with Crippen LogP contribution in [-0.2, 0) is 0 Å². The van der Waals surface area contributed by atoms with Gasteiger partial charge in [-0.1, -0.05) is 123 Å². The number of allylic oxidation sites excluding steroid dienone is 5. The van der Waals surface area contributed by atoms with Crippen molar-refractivity contribution in [3.05, 3.63) is 162 Å². The topological polar surface area (TPSA) is 30.7 Å².